The largest absolute Gasteiger partial charge is 0.398 e. The maximum atomic E-state index is 12.5. The van der Waals surface area contributed by atoms with E-state index in [1.54, 1.807) is 6.07 Å². The van der Waals surface area contributed by atoms with Gasteiger partial charge < -0.3 is 10.6 Å². The molecule has 0 aliphatic heterocycles. The molecule has 0 radical (unpaired) electrons. The summed E-state index contributed by atoms with van der Waals surface area (Å²) in [6, 6.07) is 5.59. The number of hydrogen-bond acceptors (Lipinski definition) is 2. The average molecular weight is 262 g/mol. The SMILES string of the molecule is CCCCN(CCCC)C(=O)c1ccc(C)c(N)c1. The minimum Gasteiger partial charge on any atom is -0.398 e. The van der Waals surface area contributed by atoms with Gasteiger partial charge in [0.15, 0.2) is 0 Å². The van der Waals surface area contributed by atoms with Gasteiger partial charge in [-0.3, -0.25) is 4.79 Å². The zero-order valence-corrected chi connectivity index (χ0v) is 12.4. The number of rotatable bonds is 7. The quantitative estimate of drug-likeness (QED) is 0.763. The van der Waals surface area contributed by atoms with Crippen LogP contribution in [-0.2, 0) is 0 Å². The highest BCUT2D eigenvalue weighted by atomic mass is 16.2. The normalized spacial score (nSPS) is 10.5. The van der Waals surface area contributed by atoms with Crippen LogP contribution in [0.5, 0.6) is 0 Å². The van der Waals surface area contributed by atoms with Crippen molar-refractivity contribution in [2.45, 2.75) is 46.5 Å². The molecule has 0 aromatic heterocycles. The van der Waals surface area contributed by atoms with Gasteiger partial charge in [0.05, 0.1) is 0 Å². The van der Waals surface area contributed by atoms with Crippen molar-refractivity contribution in [2.24, 2.45) is 0 Å². The summed E-state index contributed by atoms with van der Waals surface area (Å²) < 4.78 is 0. The lowest BCUT2D eigenvalue weighted by molar-refractivity contribution is 0.0751. The minimum absolute atomic E-state index is 0.105. The van der Waals surface area contributed by atoms with Crippen LogP contribution < -0.4 is 5.73 Å². The van der Waals surface area contributed by atoms with Gasteiger partial charge in [0.1, 0.15) is 0 Å². The number of carbonyl (C=O) groups is 1. The highest BCUT2D eigenvalue weighted by Crippen LogP contribution is 2.15. The van der Waals surface area contributed by atoms with Crippen molar-refractivity contribution in [1.29, 1.82) is 0 Å². The maximum absolute atomic E-state index is 12.5. The molecule has 0 fully saturated rings. The molecular formula is C16H26N2O. The third kappa shape index (κ3) is 4.58. The summed E-state index contributed by atoms with van der Waals surface area (Å²) in [4.78, 5) is 14.4. The van der Waals surface area contributed by atoms with Crippen LogP contribution in [0.2, 0.25) is 0 Å². The summed E-state index contributed by atoms with van der Waals surface area (Å²) in [6.07, 6.45) is 4.31. The first-order chi connectivity index (χ1) is 9.10. The summed E-state index contributed by atoms with van der Waals surface area (Å²) >= 11 is 0. The molecule has 0 unspecified atom stereocenters. The molecule has 2 N–H and O–H groups in total. The molecule has 0 spiro atoms. The van der Waals surface area contributed by atoms with E-state index >= 15 is 0 Å². The summed E-state index contributed by atoms with van der Waals surface area (Å²) in [7, 11) is 0. The van der Waals surface area contributed by atoms with Crippen LogP contribution in [0.3, 0.4) is 0 Å². The van der Waals surface area contributed by atoms with E-state index in [4.69, 9.17) is 5.73 Å². The number of anilines is 1. The predicted molar refractivity (Wildman–Crippen MR) is 81.3 cm³/mol. The Kier molecular flexibility index (Phi) is 6.40. The van der Waals surface area contributed by atoms with Gasteiger partial charge >= 0.3 is 0 Å². The van der Waals surface area contributed by atoms with E-state index < -0.39 is 0 Å². The van der Waals surface area contributed by atoms with Crippen LogP contribution in [0, 0.1) is 6.92 Å². The second-order valence-corrected chi connectivity index (χ2v) is 5.07. The molecule has 3 heteroatoms. The van der Waals surface area contributed by atoms with Crippen molar-refractivity contribution in [1.82, 2.24) is 4.90 Å². The fourth-order valence-corrected chi connectivity index (χ4v) is 1.97. The van der Waals surface area contributed by atoms with E-state index in [1.807, 2.05) is 24.0 Å². The Bertz CT molecular complexity index is 407. The van der Waals surface area contributed by atoms with E-state index in [0.29, 0.717) is 11.3 Å². The maximum Gasteiger partial charge on any atom is 0.253 e. The van der Waals surface area contributed by atoms with Crippen LogP contribution >= 0.6 is 0 Å². The van der Waals surface area contributed by atoms with Crippen molar-refractivity contribution in [2.75, 3.05) is 18.8 Å². The average Bonchev–Trinajstić information content (AvgIpc) is 2.41. The Morgan fingerprint density at radius 2 is 1.74 bits per heavy atom. The second kappa shape index (κ2) is 7.82. The van der Waals surface area contributed by atoms with Crippen molar-refractivity contribution in [3.05, 3.63) is 29.3 Å². The molecular weight excluding hydrogens is 236 g/mol. The van der Waals surface area contributed by atoms with Gasteiger partial charge in [-0.15, -0.1) is 0 Å². The van der Waals surface area contributed by atoms with Crippen molar-refractivity contribution in [3.8, 4) is 0 Å². The number of unbranched alkanes of at least 4 members (excludes halogenated alkanes) is 2. The fourth-order valence-electron chi connectivity index (χ4n) is 1.97. The summed E-state index contributed by atoms with van der Waals surface area (Å²) in [6.45, 7) is 7.92. The number of hydrogen-bond donors (Lipinski definition) is 1. The monoisotopic (exact) mass is 262 g/mol. The fraction of sp³-hybridized carbons (Fsp3) is 0.562. The zero-order valence-electron chi connectivity index (χ0n) is 12.4. The van der Waals surface area contributed by atoms with E-state index in [9.17, 15) is 4.79 Å². The lowest BCUT2D eigenvalue weighted by Gasteiger charge is -2.22. The lowest BCUT2D eigenvalue weighted by atomic mass is 10.1. The highest BCUT2D eigenvalue weighted by Gasteiger charge is 2.15. The van der Waals surface area contributed by atoms with Crippen LogP contribution in [-0.4, -0.2) is 23.9 Å². The number of aryl methyl sites for hydroxylation is 1. The first-order valence-electron chi connectivity index (χ1n) is 7.25. The zero-order chi connectivity index (χ0) is 14.3. The van der Waals surface area contributed by atoms with E-state index in [1.165, 1.54) is 0 Å². The molecule has 0 saturated carbocycles. The third-order valence-corrected chi connectivity index (χ3v) is 3.38. The molecule has 1 amide bonds. The van der Waals surface area contributed by atoms with Crippen molar-refractivity contribution >= 4 is 11.6 Å². The predicted octanol–water partition coefficient (Wildman–Crippen LogP) is 3.62. The Balaban J connectivity index is 2.81. The number of nitrogens with two attached hydrogens (primary N) is 1. The summed E-state index contributed by atoms with van der Waals surface area (Å²) in [5.41, 5.74) is 8.30. The number of carbonyl (C=O) groups excluding carboxylic acids is 1. The third-order valence-electron chi connectivity index (χ3n) is 3.38. The molecule has 3 nitrogen and oxygen atoms in total. The Hall–Kier alpha value is -1.51. The topological polar surface area (TPSA) is 46.3 Å². The Labute approximate surface area is 116 Å². The van der Waals surface area contributed by atoms with Gasteiger partial charge in [-0.05, 0) is 37.5 Å². The number of nitrogens with zero attached hydrogens (tertiary/aromatic N) is 1. The van der Waals surface area contributed by atoms with Crippen molar-refractivity contribution in [3.63, 3.8) is 0 Å². The molecule has 0 saturated heterocycles. The van der Waals surface area contributed by atoms with Gasteiger partial charge in [0.25, 0.3) is 5.91 Å². The summed E-state index contributed by atoms with van der Waals surface area (Å²) in [5, 5.41) is 0. The molecule has 0 atom stereocenters. The lowest BCUT2D eigenvalue weighted by Crippen LogP contribution is -2.33. The second-order valence-electron chi connectivity index (χ2n) is 5.07. The Morgan fingerprint density at radius 3 is 2.21 bits per heavy atom. The smallest absolute Gasteiger partial charge is 0.253 e. The molecule has 0 bridgehead atoms. The van der Waals surface area contributed by atoms with E-state index in [2.05, 4.69) is 13.8 Å². The van der Waals surface area contributed by atoms with Crippen molar-refractivity contribution < 1.29 is 4.79 Å². The van der Waals surface area contributed by atoms with Crippen LogP contribution in [0.4, 0.5) is 5.69 Å². The summed E-state index contributed by atoms with van der Waals surface area (Å²) in [5.74, 6) is 0.105. The molecule has 0 heterocycles. The van der Waals surface area contributed by atoms with Gasteiger partial charge in [-0.2, -0.15) is 0 Å². The molecule has 0 aliphatic rings. The van der Waals surface area contributed by atoms with Gasteiger partial charge in [0, 0.05) is 24.3 Å². The van der Waals surface area contributed by atoms with Gasteiger partial charge in [0.2, 0.25) is 0 Å². The molecule has 1 aromatic carbocycles. The van der Waals surface area contributed by atoms with E-state index in [-0.39, 0.29) is 5.91 Å². The Morgan fingerprint density at radius 1 is 1.16 bits per heavy atom. The standard InChI is InChI=1S/C16H26N2O/c1-4-6-10-18(11-7-5-2)16(19)14-9-8-13(3)15(17)12-14/h8-9,12H,4-7,10-11,17H2,1-3H3. The minimum atomic E-state index is 0.105. The first-order valence-corrected chi connectivity index (χ1v) is 7.25. The van der Waals surface area contributed by atoms with E-state index in [0.717, 1.165) is 44.3 Å². The molecule has 1 rings (SSSR count). The molecule has 0 aliphatic carbocycles. The number of benzene rings is 1. The number of nitrogen functional groups attached to an aromatic ring is 1. The number of amides is 1. The molecule has 106 valence electrons. The van der Waals surface area contributed by atoms with Crippen LogP contribution in [0.15, 0.2) is 18.2 Å². The molecule has 1 aromatic rings. The van der Waals surface area contributed by atoms with Gasteiger partial charge in [-0.1, -0.05) is 32.8 Å². The van der Waals surface area contributed by atoms with Gasteiger partial charge in [-0.25, -0.2) is 0 Å². The van der Waals surface area contributed by atoms with Crippen LogP contribution in [0.25, 0.3) is 0 Å². The molecule has 19 heavy (non-hydrogen) atoms. The van der Waals surface area contributed by atoms with Crippen LogP contribution in [0.1, 0.15) is 55.5 Å². The highest BCUT2D eigenvalue weighted by molar-refractivity contribution is 5.95. The first kappa shape index (κ1) is 15.5.